The van der Waals surface area contributed by atoms with Crippen LogP contribution in [0.2, 0.25) is 0 Å². The van der Waals surface area contributed by atoms with Gasteiger partial charge in [0.1, 0.15) is 17.7 Å². The zero-order chi connectivity index (χ0) is 26.6. The lowest BCUT2D eigenvalue weighted by atomic mass is 10.00. The summed E-state index contributed by atoms with van der Waals surface area (Å²) in [5, 5.41) is 5.36. The summed E-state index contributed by atoms with van der Waals surface area (Å²) in [5.74, 6) is -1.74. The first-order valence-corrected chi connectivity index (χ1v) is 12.0. The van der Waals surface area contributed by atoms with Gasteiger partial charge in [0.15, 0.2) is 0 Å². The SMILES string of the molecule is C=Cc1cccc(C(C(=O)NCCCCC)N(CC)C(=O)C(CC(N)=O)NC(=O)OC(C)(C)C)c1. The first-order valence-electron chi connectivity index (χ1n) is 12.0. The topological polar surface area (TPSA) is 131 Å². The van der Waals surface area contributed by atoms with Crippen LogP contribution in [0.1, 0.15) is 77.5 Å². The Kier molecular flexibility index (Phi) is 12.0. The van der Waals surface area contributed by atoms with E-state index in [1.807, 2.05) is 6.07 Å². The summed E-state index contributed by atoms with van der Waals surface area (Å²) in [6.45, 7) is 13.2. The van der Waals surface area contributed by atoms with Crippen LogP contribution in [-0.4, -0.2) is 53.4 Å². The zero-order valence-electron chi connectivity index (χ0n) is 21.6. The van der Waals surface area contributed by atoms with Crippen molar-refractivity contribution >= 4 is 29.9 Å². The number of primary amides is 1. The summed E-state index contributed by atoms with van der Waals surface area (Å²) in [5.41, 5.74) is 5.93. The van der Waals surface area contributed by atoms with Gasteiger partial charge in [0, 0.05) is 13.1 Å². The van der Waals surface area contributed by atoms with Gasteiger partial charge in [0.25, 0.3) is 0 Å². The fourth-order valence-corrected chi connectivity index (χ4v) is 3.53. The predicted molar refractivity (Wildman–Crippen MR) is 136 cm³/mol. The van der Waals surface area contributed by atoms with Gasteiger partial charge >= 0.3 is 6.09 Å². The van der Waals surface area contributed by atoms with Crippen LogP contribution in [0.4, 0.5) is 4.79 Å². The van der Waals surface area contributed by atoms with Crippen LogP contribution in [0.3, 0.4) is 0 Å². The summed E-state index contributed by atoms with van der Waals surface area (Å²) < 4.78 is 5.25. The summed E-state index contributed by atoms with van der Waals surface area (Å²) in [4.78, 5) is 52.4. The monoisotopic (exact) mass is 488 g/mol. The standard InChI is InChI=1S/C26H40N4O5/c1-7-10-11-15-28-23(32)22(19-14-12-13-18(8-2)16-19)30(9-3)24(33)20(17-21(27)31)29-25(34)35-26(4,5)6/h8,12-14,16,20,22H,2,7,9-11,15,17H2,1,3-6H3,(H2,27,31)(H,28,32)(H,29,34). The molecule has 0 aliphatic rings. The van der Waals surface area contributed by atoms with E-state index in [0.717, 1.165) is 24.8 Å². The number of nitrogens with one attached hydrogen (secondary N) is 2. The molecule has 35 heavy (non-hydrogen) atoms. The third-order valence-corrected chi connectivity index (χ3v) is 5.12. The van der Waals surface area contributed by atoms with Crippen molar-refractivity contribution in [2.75, 3.05) is 13.1 Å². The van der Waals surface area contributed by atoms with Crippen LogP contribution in [0.25, 0.3) is 6.08 Å². The number of nitrogens with zero attached hydrogens (tertiary/aromatic N) is 1. The minimum Gasteiger partial charge on any atom is -0.444 e. The Morgan fingerprint density at radius 3 is 2.40 bits per heavy atom. The average Bonchev–Trinajstić information content (AvgIpc) is 2.77. The number of amides is 4. The molecule has 1 rings (SSSR count). The van der Waals surface area contributed by atoms with Crippen molar-refractivity contribution in [3.8, 4) is 0 Å². The number of nitrogens with two attached hydrogens (primary N) is 1. The van der Waals surface area contributed by atoms with E-state index in [4.69, 9.17) is 10.5 Å². The molecule has 2 unspecified atom stereocenters. The fraction of sp³-hybridized carbons (Fsp3) is 0.538. The van der Waals surface area contributed by atoms with Crippen molar-refractivity contribution in [3.05, 3.63) is 42.0 Å². The van der Waals surface area contributed by atoms with Crippen molar-refractivity contribution in [3.63, 3.8) is 0 Å². The third kappa shape index (κ3) is 10.2. The van der Waals surface area contributed by atoms with Gasteiger partial charge in [-0.2, -0.15) is 0 Å². The second-order valence-electron chi connectivity index (χ2n) is 9.27. The van der Waals surface area contributed by atoms with E-state index in [0.29, 0.717) is 12.1 Å². The maximum absolute atomic E-state index is 13.6. The van der Waals surface area contributed by atoms with Crippen molar-refractivity contribution in [2.24, 2.45) is 5.73 Å². The summed E-state index contributed by atoms with van der Waals surface area (Å²) in [7, 11) is 0. The van der Waals surface area contributed by atoms with Crippen LogP contribution >= 0.6 is 0 Å². The molecule has 1 aromatic carbocycles. The molecular weight excluding hydrogens is 448 g/mol. The van der Waals surface area contributed by atoms with Gasteiger partial charge in [-0.1, -0.05) is 50.6 Å². The molecule has 9 heteroatoms. The maximum Gasteiger partial charge on any atom is 0.408 e. The van der Waals surface area contributed by atoms with Crippen LogP contribution in [0, 0.1) is 0 Å². The second-order valence-corrected chi connectivity index (χ2v) is 9.27. The second kappa shape index (κ2) is 14.1. The number of carbonyl (C=O) groups excluding carboxylic acids is 4. The molecule has 0 aliphatic carbocycles. The molecule has 2 atom stereocenters. The molecule has 0 saturated heterocycles. The maximum atomic E-state index is 13.6. The van der Waals surface area contributed by atoms with Gasteiger partial charge in [-0.25, -0.2) is 4.79 Å². The lowest BCUT2D eigenvalue weighted by Crippen LogP contribution is -2.54. The molecule has 4 amide bonds. The average molecular weight is 489 g/mol. The van der Waals surface area contributed by atoms with Crippen molar-refractivity contribution < 1.29 is 23.9 Å². The summed E-state index contributed by atoms with van der Waals surface area (Å²) in [6.07, 6.45) is 3.14. The number of benzene rings is 1. The Bertz CT molecular complexity index is 894. The predicted octanol–water partition coefficient (Wildman–Crippen LogP) is 3.29. The first-order chi connectivity index (χ1) is 16.4. The number of unbranched alkanes of at least 4 members (excludes halogenated alkanes) is 2. The lowest BCUT2D eigenvalue weighted by molar-refractivity contribution is -0.143. The minimum absolute atomic E-state index is 0.148. The van der Waals surface area contributed by atoms with E-state index in [1.54, 1.807) is 52.0 Å². The summed E-state index contributed by atoms with van der Waals surface area (Å²) in [6, 6.07) is 4.88. The van der Waals surface area contributed by atoms with E-state index in [-0.39, 0.29) is 12.5 Å². The molecule has 0 saturated carbocycles. The summed E-state index contributed by atoms with van der Waals surface area (Å²) >= 11 is 0. The highest BCUT2D eigenvalue weighted by Gasteiger charge is 2.36. The van der Waals surface area contributed by atoms with Crippen LogP contribution < -0.4 is 16.4 Å². The third-order valence-electron chi connectivity index (χ3n) is 5.12. The molecule has 4 N–H and O–H groups in total. The molecule has 194 valence electrons. The normalized spacial score (nSPS) is 12.7. The molecule has 0 spiro atoms. The highest BCUT2D eigenvalue weighted by Crippen LogP contribution is 2.24. The molecule has 0 radical (unpaired) electrons. The number of likely N-dealkylation sites (N-methyl/N-ethyl adjacent to an activating group) is 1. The number of carbonyl (C=O) groups is 4. The van der Waals surface area contributed by atoms with Crippen molar-refractivity contribution in [2.45, 2.75) is 78.0 Å². The van der Waals surface area contributed by atoms with E-state index >= 15 is 0 Å². The Morgan fingerprint density at radius 2 is 1.86 bits per heavy atom. The highest BCUT2D eigenvalue weighted by molar-refractivity contribution is 5.94. The van der Waals surface area contributed by atoms with Gasteiger partial charge in [-0.15, -0.1) is 0 Å². The number of alkyl carbamates (subject to hydrolysis) is 1. The molecule has 0 heterocycles. The fourth-order valence-electron chi connectivity index (χ4n) is 3.53. The van der Waals surface area contributed by atoms with E-state index in [2.05, 4.69) is 24.1 Å². The van der Waals surface area contributed by atoms with Gasteiger partial charge in [0.2, 0.25) is 17.7 Å². The van der Waals surface area contributed by atoms with Crippen LogP contribution in [-0.2, 0) is 19.1 Å². The van der Waals surface area contributed by atoms with Crippen molar-refractivity contribution in [1.82, 2.24) is 15.5 Å². The molecule has 0 bridgehead atoms. The van der Waals surface area contributed by atoms with Gasteiger partial charge < -0.3 is 26.0 Å². The number of ether oxygens (including phenoxy) is 1. The lowest BCUT2D eigenvalue weighted by Gasteiger charge is -2.33. The van der Waals surface area contributed by atoms with Crippen LogP contribution in [0.5, 0.6) is 0 Å². The van der Waals surface area contributed by atoms with Gasteiger partial charge in [-0.05, 0) is 51.3 Å². The smallest absolute Gasteiger partial charge is 0.408 e. The molecule has 1 aromatic rings. The number of hydrogen-bond acceptors (Lipinski definition) is 5. The Labute approximate surface area is 208 Å². The molecule has 0 aliphatic heterocycles. The van der Waals surface area contributed by atoms with Gasteiger partial charge in [0.05, 0.1) is 6.42 Å². The zero-order valence-corrected chi connectivity index (χ0v) is 21.6. The Balaban J connectivity index is 3.34. The highest BCUT2D eigenvalue weighted by atomic mass is 16.6. The Morgan fingerprint density at radius 1 is 1.17 bits per heavy atom. The van der Waals surface area contributed by atoms with E-state index in [9.17, 15) is 19.2 Å². The number of hydrogen-bond donors (Lipinski definition) is 3. The Hall–Kier alpha value is -3.36. The van der Waals surface area contributed by atoms with Gasteiger partial charge in [-0.3, -0.25) is 14.4 Å². The molecule has 0 aromatic heterocycles. The molecule has 9 nitrogen and oxygen atoms in total. The van der Waals surface area contributed by atoms with E-state index in [1.165, 1.54) is 4.90 Å². The van der Waals surface area contributed by atoms with E-state index < -0.39 is 42.0 Å². The molecule has 0 fully saturated rings. The molecular formula is C26H40N4O5. The van der Waals surface area contributed by atoms with Crippen molar-refractivity contribution in [1.29, 1.82) is 0 Å². The number of rotatable bonds is 13. The largest absolute Gasteiger partial charge is 0.444 e. The first kappa shape index (κ1) is 29.7. The minimum atomic E-state index is -1.29. The van der Waals surface area contributed by atoms with Crippen LogP contribution in [0.15, 0.2) is 30.8 Å². The quantitative estimate of drug-likeness (QED) is 0.367.